The van der Waals surface area contributed by atoms with Crippen molar-refractivity contribution in [1.29, 1.82) is 0 Å². The van der Waals surface area contributed by atoms with Crippen molar-refractivity contribution in [2.45, 2.75) is 43.1 Å². The van der Waals surface area contributed by atoms with E-state index in [0.29, 0.717) is 12.8 Å². The number of anilines is 1. The van der Waals surface area contributed by atoms with Crippen molar-refractivity contribution in [3.05, 3.63) is 22.7 Å². The van der Waals surface area contributed by atoms with Crippen molar-refractivity contribution in [3.8, 4) is 0 Å². The lowest BCUT2D eigenvalue weighted by atomic mass is 9.92. The molecule has 0 aromatic carbocycles. The summed E-state index contributed by atoms with van der Waals surface area (Å²) in [5.41, 5.74) is 3.65. The third-order valence-electron chi connectivity index (χ3n) is 3.54. The summed E-state index contributed by atoms with van der Waals surface area (Å²) in [6.45, 7) is 1.53. The fourth-order valence-corrected chi connectivity index (χ4v) is 2.89. The second kappa shape index (κ2) is 5.69. The number of aliphatic hydroxyl groups excluding tert-OH is 2. The molecule has 0 saturated carbocycles. The third kappa shape index (κ3) is 2.42. The van der Waals surface area contributed by atoms with Gasteiger partial charge in [0.05, 0.1) is 6.61 Å². The Kier molecular flexibility index (Phi) is 4.33. The van der Waals surface area contributed by atoms with Crippen LogP contribution in [0, 0.1) is 0 Å². The van der Waals surface area contributed by atoms with E-state index < -0.39 is 29.0 Å². The number of halogens is 1. The Labute approximate surface area is 121 Å². The number of hydrogen-bond acceptors (Lipinski definition) is 6. The molecular formula is C12H18ClN3O4. The van der Waals surface area contributed by atoms with E-state index in [1.54, 1.807) is 0 Å². The minimum atomic E-state index is -1.16. The van der Waals surface area contributed by atoms with Crippen LogP contribution in [0.2, 0.25) is 0 Å². The van der Waals surface area contributed by atoms with Crippen molar-refractivity contribution in [2.75, 3.05) is 12.3 Å². The average molecular weight is 304 g/mol. The number of alkyl halides is 1. The van der Waals surface area contributed by atoms with Crippen molar-refractivity contribution >= 4 is 17.4 Å². The summed E-state index contributed by atoms with van der Waals surface area (Å²) in [7, 11) is 0. The predicted molar refractivity (Wildman–Crippen MR) is 73.4 cm³/mol. The number of hydrogen-bond donors (Lipinski definition) is 3. The molecule has 4 N–H and O–H groups in total. The summed E-state index contributed by atoms with van der Waals surface area (Å²) in [5.74, 6) is 0.0953. The predicted octanol–water partition coefficient (Wildman–Crippen LogP) is -0.146. The van der Waals surface area contributed by atoms with E-state index in [4.69, 9.17) is 22.1 Å². The first-order chi connectivity index (χ1) is 9.45. The summed E-state index contributed by atoms with van der Waals surface area (Å²) in [5, 5.41) is 18.9. The lowest BCUT2D eigenvalue weighted by Crippen LogP contribution is -2.45. The Morgan fingerprint density at radius 2 is 2.35 bits per heavy atom. The van der Waals surface area contributed by atoms with Gasteiger partial charge in [-0.2, -0.15) is 4.98 Å². The number of nitrogen functional groups attached to an aromatic ring is 1. The minimum absolute atomic E-state index is 0.0953. The summed E-state index contributed by atoms with van der Waals surface area (Å²) in [6, 6.07) is 1.44. The molecule has 1 fully saturated rings. The van der Waals surface area contributed by atoms with E-state index in [0.717, 1.165) is 0 Å². The molecule has 0 spiro atoms. The standard InChI is InChI=1S/C12H18ClN3O4/c1-2-4-12(6-17)9(18)8(13)10(20-12)16-5-3-7(14)15-11(16)19/h3,5,8-10,17-18H,2,4,6H2,1H3,(H2,14,15,19)/t8-,9-,10+,12+/m0/s1. The van der Waals surface area contributed by atoms with Gasteiger partial charge < -0.3 is 20.7 Å². The Bertz CT molecular complexity index is 538. The molecule has 1 aromatic heterocycles. The van der Waals surface area contributed by atoms with E-state index in [1.807, 2.05) is 6.92 Å². The van der Waals surface area contributed by atoms with Gasteiger partial charge in [-0.3, -0.25) is 4.57 Å². The molecule has 2 rings (SSSR count). The minimum Gasteiger partial charge on any atom is -0.393 e. The molecule has 1 saturated heterocycles. The van der Waals surface area contributed by atoms with Crippen LogP contribution in [0.1, 0.15) is 26.0 Å². The highest BCUT2D eigenvalue weighted by Crippen LogP contribution is 2.42. The molecule has 0 radical (unpaired) electrons. The van der Waals surface area contributed by atoms with Crippen LogP contribution in [0.15, 0.2) is 17.1 Å². The first-order valence-corrected chi connectivity index (χ1v) is 6.84. The maximum absolute atomic E-state index is 11.8. The number of rotatable bonds is 4. The fraction of sp³-hybridized carbons (Fsp3) is 0.667. The molecule has 8 heteroatoms. The second-order valence-electron chi connectivity index (χ2n) is 4.91. The van der Waals surface area contributed by atoms with Gasteiger partial charge in [0, 0.05) is 6.20 Å². The van der Waals surface area contributed by atoms with E-state index in [2.05, 4.69) is 4.98 Å². The smallest absolute Gasteiger partial charge is 0.351 e. The van der Waals surface area contributed by atoms with Crippen molar-refractivity contribution in [1.82, 2.24) is 9.55 Å². The Morgan fingerprint density at radius 1 is 1.65 bits per heavy atom. The van der Waals surface area contributed by atoms with E-state index >= 15 is 0 Å². The second-order valence-corrected chi connectivity index (χ2v) is 5.42. The molecule has 1 aromatic rings. The highest BCUT2D eigenvalue weighted by atomic mass is 35.5. The van der Waals surface area contributed by atoms with E-state index in [1.165, 1.54) is 16.8 Å². The van der Waals surface area contributed by atoms with Crippen molar-refractivity contribution in [2.24, 2.45) is 0 Å². The van der Waals surface area contributed by atoms with Crippen molar-refractivity contribution in [3.63, 3.8) is 0 Å². The van der Waals surface area contributed by atoms with Crippen molar-refractivity contribution < 1.29 is 14.9 Å². The molecule has 1 aliphatic heterocycles. The summed E-state index contributed by atoms with van der Waals surface area (Å²) in [4.78, 5) is 15.4. The van der Waals surface area contributed by atoms with Crippen LogP contribution in [-0.2, 0) is 4.74 Å². The molecule has 0 bridgehead atoms. The van der Waals surface area contributed by atoms with Crippen LogP contribution in [0.25, 0.3) is 0 Å². The number of nitrogens with two attached hydrogens (primary N) is 1. The molecule has 20 heavy (non-hydrogen) atoms. The molecule has 1 aliphatic rings. The van der Waals surface area contributed by atoms with Crippen LogP contribution >= 0.6 is 11.6 Å². The number of nitrogens with zero attached hydrogens (tertiary/aromatic N) is 2. The highest BCUT2D eigenvalue weighted by Gasteiger charge is 2.54. The van der Waals surface area contributed by atoms with Gasteiger partial charge in [-0.25, -0.2) is 4.79 Å². The molecule has 4 atom stereocenters. The van der Waals surface area contributed by atoms with Crippen LogP contribution in [0.4, 0.5) is 5.82 Å². The highest BCUT2D eigenvalue weighted by molar-refractivity contribution is 6.21. The maximum Gasteiger partial charge on any atom is 0.351 e. The number of ether oxygens (including phenoxy) is 1. The van der Waals surface area contributed by atoms with Gasteiger partial charge >= 0.3 is 5.69 Å². The molecular weight excluding hydrogens is 286 g/mol. The van der Waals surface area contributed by atoms with Crippen LogP contribution in [0.3, 0.4) is 0 Å². The number of aliphatic hydroxyl groups is 2. The Hall–Kier alpha value is -1.15. The monoisotopic (exact) mass is 303 g/mol. The fourth-order valence-electron chi connectivity index (χ4n) is 2.49. The molecule has 7 nitrogen and oxygen atoms in total. The topological polar surface area (TPSA) is 111 Å². The van der Waals surface area contributed by atoms with Gasteiger partial charge in [0.2, 0.25) is 0 Å². The van der Waals surface area contributed by atoms with Gasteiger partial charge in [-0.15, -0.1) is 11.6 Å². The van der Waals surface area contributed by atoms with Gasteiger partial charge in [-0.05, 0) is 12.5 Å². The van der Waals surface area contributed by atoms with Gasteiger partial charge in [-0.1, -0.05) is 13.3 Å². The molecule has 0 aliphatic carbocycles. The average Bonchev–Trinajstić information content (AvgIpc) is 2.65. The summed E-state index contributed by atoms with van der Waals surface area (Å²) >= 11 is 6.17. The zero-order valence-electron chi connectivity index (χ0n) is 11.1. The van der Waals surface area contributed by atoms with E-state index in [-0.39, 0.29) is 12.4 Å². The lowest BCUT2D eigenvalue weighted by molar-refractivity contribution is -0.132. The normalized spacial score (nSPS) is 33.5. The first kappa shape index (κ1) is 15.2. The number of aromatic nitrogens is 2. The summed E-state index contributed by atoms with van der Waals surface area (Å²) < 4.78 is 6.89. The van der Waals surface area contributed by atoms with Crippen LogP contribution in [0.5, 0.6) is 0 Å². The third-order valence-corrected chi connectivity index (χ3v) is 3.99. The maximum atomic E-state index is 11.8. The van der Waals surface area contributed by atoms with Gasteiger partial charge in [0.1, 0.15) is 22.9 Å². The van der Waals surface area contributed by atoms with E-state index in [9.17, 15) is 15.0 Å². The van der Waals surface area contributed by atoms with Crippen LogP contribution < -0.4 is 11.4 Å². The molecule has 0 unspecified atom stereocenters. The molecule has 112 valence electrons. The quantitative estimate of drug-likeness (QED) is 0.667. The lowest BCUT2D eigenvalue weighted by Gasteiger charge is -2.29. The van der Waals surface area contributed by atoms with Gasteiger partial charge in [0.15, 0.2) is 6.23 Å². The van der Waals surface area contributed by atoms with Crippen LogP contribution in [-0.4, -0.2) is 43.5 Å². The first-order valence-electron chi connectivity index (χ1n) is 6.40. The largest absolute Gasteiger partial charge is 0.393 e. The zero-order chi connectivity index (χ0) is 14.9. The molecule has 0 amide bonds. The zero-order valence-corrected chi connectivity index (χ0v) is 11.8. The Balaban J connectivity index is 2.37. The summed E-state index contributed by atoms with van der Waals surface area (Å²) in [6.07, 6.45) is 0.566. The molecule has 2 heterocycles. The Morgan fingerprint density at radius 3 is 2.90 bits per heavy atom. The van der Waals surface area contributed by atoms with Gasteiger partial charge in [0.25, 0.3) is 0 Å². The SMILES string of the molecule is CCC[C@]1(CO)O[C@@H](n2ccc(N)nc2=O)[C@@H](Cl)[C@@H]1O.